The van der Waals surface area contributed by atoms with Crippen LogP contribution < -0.4 is 5.73 Å². The molecule has 1 saturated heterocycles. The fourth-order valence-electron chi connectivity index (χ4n) is 3.48. The minimum atomic E-state index is -0.448. The average Bonchev–Trinajstić information content (AvgIpc) is 2.53. The number of nitrogens with zero attached hydrogens (tertiary/aromatic N) is 2. The summed E-state index contributed by atoms with van der Waals surface area (Å²) in [7, 11) is 0. The summed E-state index contributed by atoms with van der Waals surface area (Å²) in [5.41, 5.74) is 8.00. The summed E-state index contributed by atoms with van der Waals surface area (Å²) in [6.45, 7) is 9.31. The minimum Gasteiger partial charge on any atom is -0.444 e. The molecule has 0 unspecified atom stereocenters. The van der Waals surface area contributed by atoms with Crippen molar-refractivity contribution in [1.82, 2.24) is 9.88 Å². The summed E-state index contributed by atoms with van der Waals surface area (Å²) in [5, 5.41) is 2.24. The van der Waals surface area contributed by atoms with Gasteiger partial charge in [0.1, 0.15) is 11.4 Å². The van der Waals surface area contributed by atoms with Crippen LogP contribution in [0, 0.1) is 6.92 Å². The second-order valence-electron chi connectivity index (χ2n) is 7.91. The van der Waals surface area contributed by atoms with E-state index in [0.717, 1.165) is 36.7 Å². The first-order valence-corrected chi connectivity index (χ1v) is 8.86. The standard InChI is InChI=1S/C20H27N3O2/c1-13-9-16-12-22-18(21)11-15(16)10-17(13)14-5-7-23(8-6-14)19(24)25-20(2,3)4/h9-12,14H,5-8H2,1-4H3,(H2,21,22). The predicted molar refractivity (Wildman–Crippen MR) is 101 cm³/mol. The number of hydrogen-bond acceptors (Lipinski definition) is 4. The number of aromatic nitrogens is 1. The second kappa shape index (κ2) is 6.54. The van der Waals surface area contributed by atoms with Crippen LogP contribution in [0.5, 0.6) is 0 Å². The molecular weight excluding hydrogens is 314 g/mol. The number of carbonyl (C=O) groups is 1. The van der Waals surface area contributed by atoms with Gasteiger partial charge in [0.15, 0.2) is 0 Å². The third-order valence-corrected chi connectivity index (χ3v) is 4.71. The lowest BCUT2D eigenvalue weighted by atomic mass is 9.86. The van der Waals surface area contributed by atoms with Crippen molar-refractivity contribution in [3.8, 4) is 0 Å². The maximum atomic E-state index is 12.2. The summed E-state index contributed by atoms with van der Waals surface area (Å²) >= 11 is 0. The third-order valence-electron chi connectivity index (χ3n) is 4.71. The number of nitrogens with two attached hydrogens (primary N) is 1. The fourth-order valence-corrected chi connectivity index (χ4v) is 3.48. The highest BCUT2D eigenvalue weighted by atomic mass is 16.6. The number of amides is 1. The molecule has 2 aromatic rings. The van der Waals surface area contributed by atoms with Gasteiger partial charge in [0, 0.05) is 24.7 Å². The molecule has 134 valence electrons. The van der Waals surface area contributed by atoms with E-state index in [4.69, 9.17) is 10.5 Å². The maximum absolute atomic E-state index is 12.2. The Hall–Kier alpha value is -2.30. The van der Waals surface area contributed by atoms with Crippen LogP contribution in [0.2, 0.25) is 0 Å². The Morgan fingerprint density at radius 2 is 1.88 bits per heavy atom. The highest BCUT2D eigenvalue weighted by Crippen LogP contribution is 2.33. The van der Waals surface area contributed by atoms with E-state index in [0.29, 0.717) is 11.7 Å². The molecule has 2 heterocycles. The van der Waals surface area contributed by atoms with Gasteiger partial charge in [-0.2, -0.15) is 0 Å². The van der Waals surface area contributed by atoms with E-state index in [1.54, 1.807) is 0 Å². The van der Waals surface area contributed by atoms with Crippen LogP contribution in [0.15, 0.2) is 24.4 Å². The number of nitrogen functional groups attached to an aromatic ring is 1. The molecule has 0 aliphatic carbocycles. The quantitative estimate of drug-likeness (QED) is 0.842. The topological polar surface area (TPSA) is 68.5 Å². The van der Waals surface area contributed by atoms with Crippen LogP contribution in [0.1, 0.15) is 50.7 Å². The van der Waals surface area contributed by atoms with E-state index in [2.05, 4.69) is 24.0 Å². The Morgan fingerprint density at radius 1 is 1.20 bits per heavy atom. The van der Waals surface area contributed by atoms with E-state index in [-0.39, 0.29) is 6.09 Å². The number of benzene rings is 1. The minimum absolute atomic E-state index is 0.208. The van der Waals surface area contributed by atoms with Crippen molar-refractivity contribution in [2.75, 3.05) is 18.8 Å². The van der Waals surface area contributed by atoms with E-state index < -0.39 is 5.60 Å². The number of rotatable bonds is 1. The smallest absolute Gasteiger partial charge is 0.410 e. The number of anilines is 1. The number of ether oxygens (including phenoxy) is 1. The van der Waals surface area contributed by atoms with Crippen LogP contribution in [-0.2, 0) is 4.74 Å². The number of hydrogen-bond donors (Lipinski definition) is 1. The first kappa shape index (κ1) is 17.5. The van der Waals surface area contributed by atoms with E-state index in [1.165, 1.54) is 11.1 Å². The zero-order chi connectivity index (χ0) is 18.2. The van der Waals surface area contributed by atoms with Gasteiger partial charge in [0.25, 0.3) is 0 Å². The van der Waals surface area contributed by atoms with E-state index in [1.807, 2.05) is 37.9 Å². The van der Waals surface area contributed by atoms with E-state index >= 15 is 0 Å². The van der Waals surface area contributed by atoms with Crippen LogP contribution in [-0.4, -0.2) is 34.7 Å². The van der Waals surface area contributed by atoms with Crippen LogP contribution in [0.3, 0.4) is 0 Å². The largest absolute Gasteiger partial charge is 0.444 e. The highest BCUT2D eigenvalue weighted by molar-refractivity contribution is 5.85. The van der Waals surface area contributed by atoms with Crippen molar-refractivity contribution >= 4 is 22.7 Å². The fraction of sp³-hybridized carbons (Fsp3) is 0.500. The van der Waals surface area contributed by atoms with Crippen LogP contribution in [0.25, 0.3) is 10.8 Å². The molecule has 0 atom stereocenters. The maximum Gasteiger partial charge on any atom is 0.410 e. The number of pyridine rings is 1. The van der Waals surface area contributed by atoms with Gasteiger partial charge in [-0.1, -0.05) is 6.07 Å². The van der Waals surface area contributed by atoms with Crippen molar-refractivity contribution in [3.63, 3.8) is 0 Å². The molecular formula is C20H27N3O2. The lowest BCUT2D eigenvalue weighted by molar-refractivity contribution is 0.0205. The summed E-state index contributed by atoms with van der Waals surface area (Å²) in [6.07, 6.45) is 3.52. The molecule has 1 aromatic heterocycles. The Labute approximate surface area is 149 Å². The van der Waals surface area contributed by atoms with Crippen molar-refractivity contribution in [2.45, 2.75) is 52.1 Å². The van der Waals surface area contributed by atoms with Crippen molar-refractivity contribution in [2.24, 2.45) is 0 Å². The van der Waals surface area contributed by atoms with Gasteiger partial charge in [-0.15, -0.1) is 0 Å². The Bertz CT molecular complexity index is 787. The number of carbonyl (C=O) groups excluding carboxylic acids is 1. The monoisotopic (exact) mass is 341 g/mol. The second-order valence-corrected chi connectivity index (χ2v) is 7.91. The van der Waals surface area contributed by atoms with Crippen molar-refractivity contribution in [1.29, 1.82) is 0 Å². The Morgan fingerprint density at radius 3 is 2.52 bits per heavy atom. The number of aryl methyl sites for hydroxylation is 1. The lowest BCUT2D eigenvalue weighted by Crippen LogP contribution is -2.41. The molecule has 1 fully saturated rings. The number of fused-ring (bicyclic) bond motifs is 1. The molecule has 5 nitrogen and oxygen atoms in total. The van der Waals surface area contributed by atoms with Gasteiger partial charge in [-0.3, -0.25) is 0 Å². The summed E-state index contributed by atoms with van der Waals surface area (Å²) in [4.78, 5) is 18.2. The summed E-state index contributed by atoms with van der Waals surface area (Å²) in [5.74, 6) is 1.000. The van der Waals surface area contributed by atoms with Gasteiger partial charge in [0.05, 0.1) is 0 Å². The zero-order valence-electron chi connectivity index (χ0n) is 15.5. The summed E-state index contributed by atoms with van der Waals surface area (Å²) in [6, 6.07) is 6.34. The first-order chi connectivity index (χ1) is 11.7. The molecule has 1 aliphatic heterocycles. The number of likely N-dealkylation sites (tertiary alicyclic amines) is 1. The van der Waals surface area contributed by atoms with Gasteiger partial charge < -0.3 is 15.4 Å². The van der Waals surface area contributed by atoms with Crippen LogP contribution in [0.4, 0.5) is 10.6 Å². The SMILES string of the molecule is Cc1cc2cnc(N)cc2cc1C1CCN(C(=O)OC(C)(C)C)CC1. The average molecular weight is 341 g/mol. The molecule has 1 aromatic carbocycles. The highest BCUT2D eigenvalue weighted by Gasteiger charge is 2.28. The molecule has 1 aliphatic rings. The van der Waals surface area contributed by atoms with Crippen LogP contribution >= 0.6 is 0 Å². The number of piperidine rings is 1. The molecule has 1 amide bonds. The van der Waals surface area contributed by atoms with E-state index in [9.17, 15) is 4.79 Å². The van der Waals surface area contributed by atoms with Gasteiger partial charge >= 0.3 is 6.09 Å². The molecule has 0 bridgehead atoms. The molecule has 0 saturated carbocycles. The van der Waals surface area contributed by atoms with Gasteiger partial charge in [-0.25, -0.2) is 9.78 Å². The summed E-state index contributed by atoms with van der Waals surface area (Å²) < 4.78 is 5.48. The normalized spacial score (nSPS) is 16.2. The lowest BCUT2D eigenvalue weighted by Gasteiger charge is -2.34. The predicted octanol–water partition coefficient (Wildman–Crippen LogP) is 4.24. The molecule has 5 heteroatoms. The molecule has 3 rings (SSSR count). The third kappa shape index (κ3) is 4.03. The Kier molecular flexibility index (Phi) is 4.58. The zero-order valence-corrected chi connectivity index (χ0v) is 15.5. The molecule has 2 N–H and O–H groups in total. The molecule has 0 radical (unpaired) electrons. The Balaban J connectivity index is 1.73. The molecule has 0 spiro atoms. The van der Waals surface area contributed by atoms with Gasteiger partial charge in [-0.05, 0) is 75.1 Å². The van der Waals surface area contributed by atoms with Crippen molar-refractivity contribution < 1.29 is 9.53 Å². The molecule has 25 heavy (non-hydrogen) atoms. The van der Waals surface area contributed by atoms with Gasteiger partial charge in [0.2, 0.25) is 0 Å². The van der Waals surface area contributed by atoms with Crippen molar-refractivity contribution in [3.05, 3.63) is 35.5 Å². The first-order valence-electron chi connectivity index (χ1n) is 8.86.